The average molecular weight is 384 g/mol. The van der Waals surface area contributed by atoms with Crippen molar-refractivity contribution in [3.05, 3.63) is 22.3 Å². The second kappa shape index (κ2) is 7.07. The molecule has 0 atom stereocenters. The van der Waals surface area contributed by atoms with E-state index in [1.807, 2.05) is 46.9 Å². The summed E-state index contributed by atoms with van der Waals surface area (Å²) in [5, 5.41) is 0. The van der Waals surface area contributed by atoms with Crippen LogP contribution in [-0.4, -0.2) is 47.8 Å². The maximum absolute atomic E-state index is 12.2. The summed E-state index contributed by atoms with van der Waals surface area (Å²) in [6.07, 6.45) is 1.60. The van der Waals surface area contributed by atoms with Crippen LogP contribution in [-0.2, 0) is 4.74 Å². The second-order valence-electron chi connectivity index (χ2n) is 7.05. The van der Waals surface area contributed by atoms with Gasteiger partial charge in [-0.15, -0.1) is 0 Å². The van der Waals surface area contributed by atoms with Crippen LogP contribution in [0.15, 0.2) is 16.6 Å². The number of amides is 1. The maximum Gasteiger partial charge on any atom is 0.410 e. The standard InChI is InChI=1S/C17H26BrN3O2/c1-12-14(18)6-7-15(19-12)21-10-8-13(9-11-21)20(5)16(22)23-17(2,3)4/h6-7,13H,8-11H2,1-5H3. The van der Waals surface area contributed by atoms with Crippen LogP contribution in [0.4, 0.5) is 10.6 Å². The molecule has 2 rings (SSSR count). The van der Waals surface area contributed by atoms with E-state index in [4.69, 9.17) is 4.74 Å². The lowest BCUT2D eigenvalue weighted by Crippen LogP contribution is -2.47. The molecule has 1 fully saturated rings. The molecular weight excluding hydrogens is 358 g/mol. The van der Waals surface area contributed by atoms with Crippen LogP contribution in [0, 0.1) is 6.92 Å². The van der Waals surface area contributed by atoms with E-state index in [9.17, 15) is 4.79 Å². The fraction of sp³-hybridized carbons (Fsp3) is 0.647. The summed E-state index contributed by atoms with van der Waals surface area (Å²) in [6, 6.07) is 4.30. The first kappa shape index (κ1) is 18.0. The van der Waals surface area contributed by atoms with Gasteiger partial charge in [-0.3, -0.25) is 0 Å². The van der Waals surface area contributed by atoms with Gasteiger partial charge in [0.1, 0.15) is 11.4 Å². The van der Waals surface area contributed by atoms with Crippen LogP contribution in [0.5, 0.6) is 0 Å². The molecule has 128 valence electrons. The molecule has 1 amide bonds. The Morgan fingerprint density at radius 3 is 2.48 bits per heavy atom. The van der Waals surface area contributed by atoms with Gasteiger partial charge in [0.15, 0.2) is 0 Å². The Morgan fingerprint density at radius 1 is 1.35 bits per heavy atom. The van der Waals surface area contributed by atoms with Crippen molar-refractivity contribution < 1.29 is 9.53 Å². The van der Waals surface area contributed by atoms with Gasteiger partial charge in [0.05, 0.1) is 5.69 Å². The molecule has 0 bridgehead atoms. The van der Waals surface area contributed by atoms with Crippen molar-refractivity contribution in [1.29, 1.82) is 0 Å². The van der Waals surface area contributed by atoms with E-state index in [0.29, 0.717) is 0 Å². The van der Waals surface area contributed by atoms with Crippen LogP contribution < -0.4 is 4.90 Å². The smallest absolute Gasteiger partial charge is 0.410 e. The quantitative estimate of drug-likeness (QED) is 0.774. The number of piperidine rings is 1. The van der Waals surface area contributed by atoms with E-state index in [2.05, 4.69) is 25.8 Å². The minimum atomic E-state index is -0.453. The predicted molar refractivity (Wildman–Crippen MR) is 95.9 cm³/mol. The van der Waals surface area contributed by atoms with Crippen LogP contribution in [0.1, 0.15) is 39.3 Å². The topological polar surface area (TPSA) is 45.7 Å². The summed E-state index contributed by atoms with van der Waals surface area (Å²) in [7, 11) is 1.83. The molecule has 1 aromatic rings. The fourth-order valence-electron chi connectivity index (χ4n) is 2.67. The highest BCUT2D eigenvalue weighted by atomic mass is 79.9. The van der Waals surface area contributed by atoms with E-state index in [1.165, 1.54) is 0 Å². The van der Waals surface area contributed by atoms with Gasteiger partial charge in [-0.05, 0) is 68.6 Å². The van der Waals surface area contributed by atoms with Crippen LogP contribution in [0.2, 0.25) is 0 Å². The largest absolute Gasteiger partial charge is 0.444 e. The van der Waals surface area contributed by atoms with E-state index >= 15 is 0 Å². The van der Waals surface area contributed by atoms with Crippen molar-refractivity contribution in [2.75, 3.05) is 25.0 Å². The molecule has 0 unspecified atom stereocenters. The van der Waals surface area contributed by atoms with Crippen LogP contribution in [0.25, 0.3) is 0 Å². The Balaban J connectivity index is 1.92. The molecule has 2 heterocycles. The van der Waals surface area contributed by atoms with Gasteiger partial charge in [0, 0.05) is 30.7 Å². The Kier molecular flexibility index (Phi) is 5.55. The molecule has 1 aromatic heterocycles. The first-order valence-corrected chi connectivity index (χ1v) is 8.80. The number of rotatable bonds is 2. The average Bonchev–Trinajstić information content (AvgIpc) is 2.48. The molecule has 0 saturated carbocycles. The Labute approximate surface area is 147 Å². The van der Waals surface area contributed by atoms with Crippen LogP contribution in [0.3, 0.4) is 0 Å². The number of hydrogen-bond donors (Lipinski definition) is 0. The van der Waals surface area contributed by atoms with Crippen molar-refractivity contribution in [3.63, 3.8) is 0 Å². The summed E-state index contributed by atoms with van der Waals surface area (Å²) >= 11 is 3.48. The van der Waals surface area contributed by atoms with Crippen molar-refractivity contribution in [2.24, 2.45) is 0 Å². The third-order valence-corrected chi connectivity index (χ3v) is 4.86. The summed E-state index contributed by atoms with van der Waals surface area (Å²) < 4.78 is 6.48. The molecule has 5 nitrogen and oxygen atoms in total. The fourth-order valence-corrected chi connectivity index (χ4v) is 2.89. The number of halogens is 1. The monoisotopic (exact) mass is 383 g/mol. The molecular formula is C17H26BrN3O2. The number of aromatic nitrogens is 1. The zero-order valence-corrected chi connectivity index (χ0v) is 16.2. The molecule has 0 radical (unpaired) electrons. The summed E-state index contributed by atoms with van der Waals surface area (Å²) in [5.74, 6) is 1.00. The SMILES string of the molecule is Cc1nc(N2CCC(N(C)C(=O)OC(C)(C)C)CC2)ccc1Br. The lowest BCUT2D eigenvalue weighted by molar-refractivity contribution is 0.0201. The number of carbonyl (C=O) groups excluding carboxylic acids is 1. The number of anilines is 1. The van der Waals surface area contributed by atoms with Crippen molar-refractivity contribution in [3.8, 4) is 0 Å². The van der Waals surface area contributed by atoms with E-state index < -0.39 is 5.60 Å². The molecule has 0 aromatic carbocycles. The minimum Gasteiger partial charge on any atom is -0.444 e. The molecule has 6 heteroatoms. The van der Waals surface area contributed by atoms with Gasteiger partial charge in [-0.1, -0.05) is 0 Å². The van der Waals surface area contributed by atoms with Crippen molar-refractivity contribution >= 4 is 27.8 Å². The van der Waals surface area contributed by atoms with E-state index in [1.54, 1.807) is 4.90 Å². The molecule has 23 heavy (non-hydrogen) atoms. The number of pyridine rings is 1. The summed E-state index contributed by atoms with van der Waals surface area (Å²) in [5.41, 5.74) is 0.542. The third kappa shape index (κ3) is 4.83. The highest BCUT2D eigenvalue weighted by molar-refractivity contribution is 9.10. The molecule has 1 saturated heterocycles. The number of aryl methyl sites for hydroxylation is 1. The number of nitrogens with zero attached hydrogens (tertiary/aromatic N) is 3. The van der Waals surface area contributed by atoms with Crippen molar-refractivity contribution in [1.82, 2.24) is 9.88 Å². The first-order chi connectivity index (χ1) is 10.7. The number of hydrogen-bond acceptors (Lipinski definition) is 4. The van der Waals surface area contributed by atoms with Crippen LogP contribution >= 0.6 is 15.9 Å². The summed E-state index contributed by atoms with van der Waals surface area (Å²) in [6.45, 7) is 9.46. The predicted octanol–water partition coefficient (Wildman–Crippen LogP) is 3.99. The van der Waals surface area contributed by atoms with Gasteiger partial charge < -0.3 is 14.5 Å². The number of ether oxygens (including phenoxy) is 1. The highest BCUT2D eigenvalue weighted by Gasteiger charge is 2.28. The van der Waals surface area contributed by atoms with E-state index in [0.717, 1.165) is 41.9 Å². The normalized spacial score (nSPS) is 16.3. The Bertz CT molecular complexity index is 563. The van der Waals surface area contributed by atoms with Gasteiger partial charge in [0.2, 0.25) is 0 Å². The lowest BCUT2D eigenvalue weighted by Gasteiger charge is -2.37. The van der Waals surface area contributed by atoms with E-state index in [-0.39, 0.29) is 12.1 Å². The number of carbonyl (C=O) groups is 1. The Hall–Kier alpha value is -1.30. The van der Waals surface area contributed by atoms with Gasteiger partial charge in [-0.25, -0.2) is 9.78 Å². The molecule has 1 aliphatic heterocycles. The minimum absolute atomic E-state index is 0.220. The zero-order chi connectivity index (χ0) is 17.2. The zero-order valence-electron chi connectivity index (χ0n) is 14.6. The first-order valence-electron chi connectivity index (χ1n) is 8.01. The third-order valence-electron chi connectivity index (χ3n) is 4.02. The van der Waals surface area contributed by atoms with Gasteiger partial charge >= 0.3 is 6.09 Å². The molecule has 1 aliphatic rings. The molecule has 0 aliphatic carbocycles. The van der Waals surface area contributed by atoms with Crippen molar-refractivity contribution in [2.45, 2.75) is 52.2 Å². The molecule has 0 spiro atoms. The molecule has 0 N–H and O–H groups in total. The summed E-state index contributed by atoms with van der Waals surface area (Å²) in [4.78, 5) is 20.8. The lowest BCUT2D eigenvalue weighted by atomic mass is 10.0. The maximum atomic E-state index is 12.2. The highest BCUT2D eigenvalue weighted by Crippen LogP contribution is 2.24. The van der Waals surface area contributed by atoms with Gasteiger partial charge in [-0.2, -0.15) is 0 Å². The Morgan fingerprint density at radius 2 is 1.96 bits per heavy atom. The second-order valence-corrected chi connectivity index (χ2v) is 7.90. The van der Waals surface area contributed by atoms with Gasteiger partial charge in [0.25, 0.3) is 0 Å².